The summed E-state index contributed by atoms with van der Waals surface area (Å²) < 4.78 is 0. The van der Waals surface area contributed by atoms with Gasteiger partial charge in [0.15, 0.2) is 0 Å². The maximum absolute atomic E-state index is 9.14. The van der Waals surface area contributed by atoms with E-state index < -0.39 is 0 Å². The summed E-state index contributed by atoms with van der Waals surface area (Å²) in [6.07, 6.45) is 9.60. The molecule has 3 nitrogen and oxygen atoms in total. The molecule has 3 heteroatoms. The first-order valence-corrected chi connectivity index (χ1v) is 7.83. The standard InChI is InChI=1S/C15H30N2O/c1-16-9-10-17(13-15(16)8-11-18)12-14-6-4-2-3-5-7-14/h14-15,18H,2-13H2,1H3. The van der Waals surface area contributed by atoms with Gasteiger partial charge in [-0.25, -0.2) is 0 Å². The summed E-state index contributed by atoms with van der Waals surface area (Å²) >= 11 is 0. The van der Waals surface area contributed by atoms with Crippen LogP contribution < -0.4 is 0 Å². The van der Waals surface area contributed by atoms with E-state index in [9.17, 15) is 0 Å². The molecule has 0 bridgehead atoms. The van der Waals surface area contributed by atoms with Crippen molar-refractivity contribution in [2.45, 2.75) is 51.0 Å². The van der Waals surface area contributed by atoms with Crippen LogP contribution in [0.2, 0.25) is 0 Å². The summed E-state index contributed by atoms with van der Waals surface area (Å²) in [6, 6.07) is 0.564. The zero-order chi connectivity index (χ0) is 12.8. The Balaban J connectivity index is 1.78. The maximum atomic E-state index is 9.14. The Morgan fingerprint density at radius 1 is 1.06 bits per heavy atom. The Kier molecular flexibility index (Phi) is 5.93. The van der Waals surface area contributed by atoms with Gasteiger partial charge in [0.05, 0.1) is 0 Å². The first-order chi connectivity index (χ1) is 8.79. The second-order valence-corrected chi connectivity index (χ2v) is 6.26. The third-order valence-corrected chi connectivity index (χ3v) is 4.81. The summed E-state index contributed by atoms with van der Waals surface area (Å²) in [5.41, 5.74) is 0. The van der Waals surface area contributed by atoms with Crippen LogP contribution >= 0.6 is 0 Å². The van der Waals surface area contributed by atoms with Crippen molar-refractivity contribution in [1.29, 1.82) is 0 Å². The third-order valence-electron chi connectivity index (χ3n) is 4.81. The molecular weight excluding hydrogens is 224 g/mol. The molecule has 1 heterocycles. The highest BCUT2D eigenvalue weighted by Crippen LogP contribution is 2.24. The summed E-state index contributed by atoms with van der Waals surface area (Å²) in [5, 5.41) is 9.14. The highest BCUT2D eigenvalue weighted by atomic mass is 16.3. The van der Waals surface area contributed by atoms with Crippen LogP contribution in [0.1, 0.15) is 44.9 Å². The molecule has 0 amide bonds. The number of hydrogen-bond acceptors (Lipinski definition) is 3. The zero-order valence-corrected chi connectivity index (χ0v) is 12.0. The molecule has 1 saturated heterocycles. The van der Waals surface area contributed by atoms with Gasteiger partial charge in [-0.2, -0.15) is 0 Å². The van der Waals surface area contributed by atoms with Gasteiger partial charge in [-0.05, 0) is 32.2 Å². The normalized spacial score (nSPS) is 29.3. The van der Waals surface area contributed by atoms with E-state index in [1.165, 1.54) is 51.6 Å². The lowest BCUT2D eigenvalue weighted by Gasteiger charge is -2.40. The van der Waals surface area contributed by atoms with Crippen molar-refractivity contribution >= 4 is 0 Å². The Morgan fingerprint density at radius 3 is 2.44 bits per heavy atom. The average Bonchev–Trinajstić information content (AvgIpc) is 2.62. The van der Waals surface area contributed by atoms with Gasteiger partial charge in [-0.15, -0.1) is 0 Å². The quantitative estimate of drug-likeness (QED) is 0.777. The molecule has 0 radical (unpaired) electrons. The first kappa shape index (κ1) is 14.3. The van der Waals surface area contributed by atoms with Crippen LogP contribution in [0.15, 0.2) is 0 Å². The molecular formula is C15H30N2O. The zero-order valence-electron chi connectivity index (χ0n) is 12.0. The van der Waals surface area contributed by atoms with E-state index in [2.05, 4.69) is 16.8 Å². The van der Waals surface area contributed by atoms with Crippen LogP contribution in [-0.2, 0) is 0 Å². The maximum Gasteiger partial charge on any atom is 0.0446 e. The Hall–Kier alpha value is -0.120. The second-order valence-electron chi connectivity index (χ2n) is 6.26. The summed E-state index contributed by atoms with van der Waals surface area (Å²) in [4.78, 5) is 5.07. The lowest BCUT2D eigenvalue weighted by Crippen LogP contribution is -2.52. The number of piperazine rings is 1. The van der Waals surface area contributed by atoms with E-state index in [-0.39, 0.29) is 0 Å². The number of rotatable bonds is 4. The fraction of sp³-hybridized carbons (Fsp3) is 1.00. The topological polar surface area (TPSA) is 26.7 Å². The minimum absolute atomic E-state index is 0.326. The van der Waals surface area contributed by atoms with Crippen LogP contribution in [0.25, 0.3) is 0 Å². The lowest BCUT2D eigenvalue weighted by atomic mass is 9.98. The molecule has 0 aromatic carbocycles. The summed E-state index contributed by atoms with van der Waals surface area (Å²) in [7, 11) is 2.20. The van der Waals surface area contributed by atoms with E-state index in [0.717, 1.165) is 25.4 Å². The Morgan fingerprint density at radius 2 is 1.78 bits per heavy atom. The van der Waals surface area contributed by atoms with E-state index >= 15 is 0 Å². The third kappa shape index (κ3) is 4.22. The van der Waals surface area contributed by atoms with Crippen molar-refractivity contribution in [3.8, 4) is 0 Å². The predicted octanol–water partition coefficient (Wildman–Crippen LogP) is 1.96. The van der Waals surface area contributed by atoms with Crippen molar-refractivity contribution in [1.82, 2.24) is 9.80 Å². The molecule has 2 fully saturated rings. The van der Waals surface area contributed by atoms with Gasteiger partial charge < -0.3 is 14.9 Å². The molecule has 1 saturated carbocycles. The predicted molar refractivity (Wildman–Crippen MR) is 75.8 cm³/mol. The fourth-order valence-corrected chi connectivity index (χ4v) is 3.55. The molecule has 1 aliphatic heterocycles. The molecule has 106 valence electrons. The van der Waals surface area contributed by atoms with Crippen LogP contribution in [0, 0.1) is 5.92 Å². The summed E-state index contributed by atoms with van der Waals surface area (Å²) in [6.45, 7) is 5.17. The van der Waals surface area contributed by atoms with Crippen LogP contribution in [-0.4, -0.2) is 60.8 Å². The largest absolute Gasteiger partial charge is 0.396 e. The van der Waals surface area contributed by atoms with Gasteiger partial charge in [0.25, 0.3) is 0 Å². The average molecular weight is 254 g/mol. The first-order valence-electron chi connectivity index (χ1n) is 7.83. The molecule has 2 aliphatic rings. The Bertz CT molecular complexity index is 227. The van der Waals surface area contributed by atoms with E-state index in [1.54, 1.807) is 0 Å². The van der Waals surface area contributed by atoms with E-state index in [4.69, 9.17) is 5.11 Å². The van der Waals surface area contributed by atoms with Crippen molar-refractivity contribution in [3.63, 3.8) is 0 Å². The minimum atomic E-state index is 0.326. The molecule has 1 N–H and O–H groups in total. The molecule has 1 unspecified atom stereocenters. The highest BCUT2D eigenvalue weighted by molar-refractivity contribution is 4.81. The van der Waals surface area contributed by atoms with Gasteiger partial charge >= 0.3 is 0 Å². The Labute approximate surface area is 112 Å². The van der Waals surface area contributed by atoms with Crippen molar-refractivity contribution in [3.05, 3.63) is 0 Å². The molecule has 0 spiro atoms. The van der Waals surface area contributed by atoms with Crippen molar-refractivity contribution < 1.29 is 5.11 Å². The number of aliphatic hydroxyl groups excluding tert-OH is 1. The van der Waals surface area contributed by atoms with Gasteiger partial charge in [0, 0.05) is 38.8 Å². The molecule has 2 rings (SSSR count). The number of hydrogen-bond donors (Lipinski definition) is 1. The number of aliphatic hydroxyl groups is 1. The minimum Gasteiger partial charge on any atom is -0.396 e. The van der Waals surface area contributed by atoms with E-state index in [1.807, 2.05) is 0 Å². The highest BCUT2D eigenvalue weighted by Gasteiger charge is 2.25. The van der Waals surface area contributed by atoms with Gasteiger partial charge in [-0.1, -0.05) is 25.7 Å². The fourth-order valence-electron chi connectivity index (χ4n) is 3.55. The van der Waals surface area contributed by atoms with Crippen LogP contribution in [0.3, 0.4) is 0 Å². The molecule has 0 aromatic rings. The monoisotopic (exact) mass is 254 g/mol. The lowest BCUT2D eigenvalue weighted by molar-refractivity contribution is 0.0671. The molecule has 0 aromatic heterocycles. The van der Waals surface area contributed by atoms with Crippen molar-refractivity contribution in [2.75, 3.05) is 39.8 Å². The van der Waals surface area contributed by atoms with Crippen molar-refractivity contribution in [2.24, 2.45) is 5.92 Å². The van der Waals surface area contributed by atoms with Gasteiger partial charge in [0.2, 0.25) is 0 Å². The van der Waals surface area contributed by atoms with Gasteiger partial charge in [-0.3, -0.25) is 0 Å². The number of likely N-dealkylation sites (N-methyl/N-ethyl adjacent to an activating group) is 1. The SMILES string of the molecule is CN1CCN(CC2CCCCCC2)CC1CCO. The van der Waals surface area contributed by atoms with Gasteiger partial charge in [0.1, 0.15) is 0 Å². The smallest absolute Gasteiger partial charge is 0.0446 e. The second kappa shape index (κ2) is 7.46. The molecule has 18 heavy (non-hydrogen) atoms. The van der Waals surface area contributed by atoms with Crippen LogP contribution in [0.4, 0.5) is 0 Å². The van der Waals surface area contributed by atoms with Crippen LogP contribution in [0.5, 0.6) is 0 Å². The molecule has 1 aliphatic carbocycles. The summed E-state index contributed by atoms with van der Waals surface area (Å²) in [5.74, 6) is 0.936. The number of nitrogens with zero attached hydrogens (tertiary/aromatic N) is 2. The molecule has 1 atom stereocenters. The van der Waals surface area contributed by atoms with E-state index in [0.29, 0.717) is 12.6 Å².